The summed E-state index contributed by atoms with van der Waals surface area (Å²) in [6.45, 7) is 1.81. The molecule has 5 nitrogen and oxygen atoms in total. The average Bonchev–Trinajstić information content (AvgIpc) is 2.98. The van der Waals surface area contributed by atoms with E-state index in [1.165, 1.54) is 12.1 Å². The molecule has 1 fully saturated rings. The minimum Gasteiger partial charge on any atom is -0.367 e. The molecule has 140 valence electrons. The summed E-state index contributed by atoms with van der Waals surface area (Å²) >= 11 is 0. The first-order valence-corrected chi connectivity index (χ1v) is 9.03. The van der Waals surface area contributed by atoms with Crippen LogP contribution in [0.3, 0.4) is 0 Å². The predicted octanol–water partition coefficient (Wildman–Crippen LogP) is 2.42. The number of benzene rings is 2. The number of rotatable bonds is 5. The van der Waals surface area contributed by atoms with Crippen molar-refractivity contribution in [1.82, 2.24) is 10.6 Å². The zero-order chi connectivity index (χ0) is 19.1. The monoisotopic (exact) mass is 367 g/mol. The quantitative estimate of drug-likeness (QED) is 0.851. The third-order valence-electron chi connectivity index (χ3n) is 4.48. The van der Waals surface area contributed by atoms with E-state index in [0.717, 1.165) is 29.7 Å². The van der Waals surface area contributed by atoms with Crippen molar-refractivity contribution in [2.75, 3.05) is 19.7 Å². The van der Waals surface area contributed by atoms with E-state index in [-0.39, 0.29) is 11.7 Å². The fourth-order valence-corrected chi connectivity index (χ4v) is 2.99. The van der Waals surface area contributed by atoms with Gasteiger partial charge >= 0.3 is 0 Å². The van der Waals surface area contributed by atoms with Gasteiger partial charge in [-0.3, -0.25) is 4.79 Å². The Morgan fingerprint density at radius 1 is 1.22 bits per heavy atom. The van der Waals surface area contributed by atoms with E-state index in [2.05, 4.69) is 16.7 Å². The number of amides is 1. The second-order valence-corrected chi connectivity index (χ2v) is 6.52. The van der Waals surface area contributed by atoms with Gasteiger partial charge in [0.1, 0.15) is 18.0 Å². The molecule has 1 aliphatic heterocycles. The fourth-order valence-electron chi connectivity index (χ4n) is 2.99. The van der Waals surface area contributed by atoms with Gasteiger partial charge in [-0.15, -0.1) is 0 Å². The van der Waals surface area contributed by atoms with E-state index in [4.69, 9.17) is 4.74 Å². The Kier molecular flexibility index (Phi) is 6.53. The van der Waals surface area contributed by atoms with E-state index in [1.54, 1.807) is 12.1 Å². The normalized spacial score (nSPS) is 18.1. The standard InChI is InChI=1S/C21H22FN3O2/c22-18-8-6-17(7-9-18)16-4-2-15(3-5-16)12-19(13-23)25-21(26)20-14-24-10-1-11-27-20/h2-9,19-20,24H,1,10-12,14H2,(H,25,26)/t19-,20-/m0/s1. The van der Waals surface area contributed by atoms with Crippen molar-refractivity contribution >= 4 is 5.91 Å². The van der Waals surface area contributed by atoms with Gasteiger partial charge in [-0.05, 0) is 41.8 Å². The molecule has 1 heterocycles. The van der Waals surface area contributed by atoms with Crippen molar-refractivity contribution in [2.24, 2.45) is 0 Å². The molecule has 1 amide bonds. The maximum absolute atomic E-state index is 13.0. The SMILES string of the molecule is N#C[C@H](Cc1ccc(-c2ccc(F)cc2)cc1)NC(=O)[C@@H]1CNCCCO1. The van der Waals surface area contributed by atoms with E-state index in [0.29, 0.717) is 19.6 Å². The van der Waals surface area contributed by atoms with Crippen molar-refractivity contribution < 1.29 is 13.9 Å². The van der Waals surface area contributed by atoms with Gasteiger partial charge in [0.15, 0.2) is 0 Å². The van der Waals surface area contributed by atoms with Crippen molar-refractivity contribution in [2.45, 2.75) is 25.0 Å². The van der Waals surface area contributed by atoms with Crippen LogP contribution in [-0.4, -0.2) is 37.7 Å². The minimum atomic E-state index is -0.624. The van der Waals surface area contributed by atoms with Gasteiger partial charge in [-0.25, -0.2) is 4.39 Å². The van der Waals surface area contributed by atoms with Gasteiger partial charge in [-0.2, -0.15) is 5.26 Å². The van der Waals surface area contributed by atoms with Gasteiger partial charge in [-0.1, -0.05) is 36.4 Å². The Hall–Kier alpha value is -2.75. The maximum Gasteiger partial charge on any atom is 0.251 e. The van der Waals surface area contributed by atoms with Crippen LogP contribution >= 0.6 is 0 Å². The summed E-state index contributed by atoms with van der Waals surface area (Å²) in [7, 11) is 0. The molecular weight excluding hydrogens is 345 g/mol. The summed E-state index contributed by atoms with van der Waals surface area (Å²) in [5.41, 5.74) is 2.83. The van der Waals surface area contributed by atoms with Gasteiger partial charge < -0.3 is 15.4 Å². The van der Waals surface area contributed by atoms with Crippen LogP contribution in [0.5, 0.6) is 0 Å². The number of ether oxygens (including phenoxy) is 1. The first-order chi connectivity index (χ1) is 13.2. The molecule has 0 bridgehead atoms. The van der Waals surface area contributed by atoms with Crippen LogP contribution in [0.4, 0.5) is 4.39 Å². The van der Waals surface area contributed by atoms with Crippen LogP contribution in [0.25, 0.3) is 11.1 Å². The van der Waals surface area contributed by atoms with Crippen molar-refractivity contribution in [3.05, 3.63) is 59.9 Å². The van der Waals surface area contributed by atoms with Gasteiger partial charge in [0.25, 0.3) is 5.91 Å². The number of halogens is 1. The van der Waals surface area contributed by atoms with E-state index in [9.17, 15) is 14.4 Å². The van der Waals surface area contributed by atoms with Crippen LogP contribution in [0, 0.1) is 17.1 Å². The largest absolute Gasteiger partial charge is 0.367 e. The Morgan fingerprint density at radius 3 is 2.56 bits per heavy atom. The highest BCUT2D eigenvalue weighted by Gasteiger charge is 2.23. The lowest BCUT2D eigenvalue weighted by molar-refractivity contribution is -0.132. The Balaban J connectivity index is 1.60. The van der Waals surface area contributed by atoms with Crippen LogP contribution in [-0.2, 0) is 16.0 Å². The molecule has 2 atom stereocenters. The summed E-state index contributed by atoms with van der Waals surface area (Å²) in [6, 6.07) is 15.5. The second kappa shape index (κ2) is 9.26. The number of hydrogen-bond donors (Lipinski definition) is 2. The highest BCUT2D eigenvalue weighted by atomic mass is 19.1. The number of nitrogens with zero attached hydrogens (tertiary/aromatic N) is 1. The number of carbonyl (C=O) groups excluding carboxylic acids is 1. The zero-order valence-electron chi connectivity index (χ0n) is 15.0. The third kappa shape index (κ3) is 5.36. The number of nitriles is 1. The molecule has 0 aliphatic carbocycles. The Morgan fingerprint density at radius 2 is 1.89 bits per heavy atom. The van der Waals surface area contributed by atoms with Gasteiger partial charge in [0, 0.05) is 19.6 Å². The molecule has 1 aliphatic rings. The molecule has 0 unspecified atom stereocenters. The highest BCUT2D eigenvalue weighted by Crippen LogP contribution is 2.20. The molecule has 2 N–H and O–H groups in total. The van der Waals surface area contributed by atoms with Gasteiger partial charge in [0.2, 0.25) is 0 Å². The summed E-state index contributed by atoms with van der Waals surface area (Å²) in [5.74, 6) is -0.533. The molecule has 2 aromatic carbocycles. The number of carbonyl (C=O) groups is 1. The van der Waals surface area contributed by atoms with E-state index >= 15 is 0 Å². The zero-order valence-corrected chi connectivity index (χ0v) is 15.0. The number of hydrogen-bond acceptors (Lipinski definition) is 4. The van der Waals surface area contributed by atoms with Crippen LogP contribution in [0.1, 0.15) is 12.0 Å². The minimum absolute atomic E-state index is 0.265. The van der Waals surface area contributed by atoms with Gasteiger partial charge in [0.05, 0.1) is 6.07 Å². The molecule has 6 heteroatoms. The smallest absolute Gasteiger partial charge is 0.251 e. The molecular formula is C21H22FN3O2. The molecule has 1 saturated heterocycles. The molecule has 2 aromatic rings. The maximum atomic E-state index is 13.0. The lowest BCUT2D eigenvalue weighted by atomic mass is 10.0. The summed E-state index contributed by atoms with van der Waals surface area (Å²) < 4.78 is 18.6. The Labute approximate surface area is 158 Å². The second-order valence-electron chi connectivity index (χ2n) is 6.52. The van der Waals surface area contributed by atoms with Crippen molar-refractivity contribution in [1.29, 1.82) is 5.26 Å². The summed E-state index contributed by atoms with van der Waals surface area (Å²) in [6.07, 6.45) is 0.710. The molecule has 3 rings (SSSR count). The lowest BCUT2D eigenvalue weighted by Gasteiger charge is -2.18. The molecule has 0 saturated carbocycles. The van der Waals surface area contributed by atoms with Crippen LogP contribution in [0.2, 0.25) is 0 Å². The van der Waals surface area contributed by atoms with Crippen molar-refractivity contribution in [3.8, 4) is 17.2 Å². The average molecular weight is 367 g/mol. The summed E-state index contributed by atoms with van der Waals surface area (Å²) in [4.78, 5) is 12.3. The highest BCUT2D eigenvalue weighted by molar-refractivity contribution is 5.81. The van der Waals surface area contributed by atoms with Crippen molar-refractivity contribution in [3.63, 3.8) is 0 Å². The number of nitrogens with one attached hydrogen (secondary N) is 2. The first-order valence-electron chi connectivity index (χ1n) is 9.03. The predicted molar refractivity (Wildman–Crippen MR) is 100 cm³/mol. The first kappa shape index (κ1) is 19.0. The Bertz CT molecular complexity index is 792. The third-order valence-corrected chi connectivity index (χ3v) is 4.48. The molecule has 0 radical (unpaired) electrons. The van der Waals surface area contributed by atoms with E-state index < -0.39 is 12.1 Å². The molecule has 27 heavy (non-hydrogen) atoms. The summed E-state index contributed by atoms with van der Waals surface area (Å²) in [5, 5.41) is 15.3. The molecule has 0 aromatic heterocycles. The fraction of sp³-hybridized carbons (Fsp3) is 0.333. The van der Waals surface area contributed by atoms with Crippen LogP contribution < -0.4 is 10.6 Å². The molecule has 0 spiro atoms. The topological polar surface area (TPSA) is 74.2 Å². The van der Waals surface area contributed by atoms with Crippen LogP contribution in [0.15, 0.2) is 48.5 Å². The van der Waals surface area contributed by atoms with E-state index in [1.807, 2.05) is 24.3 Å². The lowest BCUT2D eigenvalue weighted by Crippen LogP contribution is -2.46.